The normalized spacial score (nSPS) is 13.2. The Morgan fingerprint density at radius 2 is 1.87 bits per heavy atom. The third kappa shape index (κ3) is 8.00. The Bertz CT molecular complexity index is 1710. The van der Waals surface area contributed by atoms with Gasteiger partial charge < -0.3 is 25.2 Å². The van der Waals surface area contributed by atoms with Crippen molar-refractivity contribution in [1.82, 2.24) is 15.1 Å². The Hall–Kier alpha value is -4.96. The summed E-state index contributed by atoms with van der Waals surface area (Å²) in [7, 11) is 0. The Kier molecular flexibility index (Phi) is 10.5. The lowest BCUT2D eigenvalue weighted by atomic mass is 9.93. The molecule has 0 aliphatic carbocycles. The van der Waals surface area contributed by atoms with Crippen LogP contribution in [0.4, 0.5) is 5.69 Å². The van der Waals surface area contributed by atoms with Crippen LogP contribution in [0.25, 0.3) is 11.1 Å². The van der Waals surface area contributed by atoms with Crippen molar-refractivity contribution in [1.29, 1.82) is 0 Å². The molecule has 1 aliphatic rings. The first kappa shape index (κ1) is 32.4. The van der Waals surface area contributed by atoms with E-state index in [4.69, 9.17) is 9.84 Å². The van der Waals surface area contributed by atoms with Gasteiger partial charge in [-0.1, -0.05) is 36.4 Å². The van der Waals surface area contributed by atoms with Gasteiger partial charge in [0.2, 0.25) is 5.91 Å². The van der Waals surface area contributed by atoms with Gasteiger partial charge in [0, 0.05) is 42.5 Å². The Morgan fingerprint density at radius 3 is 2.70 bits per heavy atom. The van der Waals surface area contributed by atoms with Gasteiger partial charge in [-0.05, 0) is 85.2 Å². The number of ether oxygens (including phenoxy) is 1. The number of aromatic nitrogens is 2. The molecule has 2 amide bonds. The average molecular weight is 625 g/mol. The lowest BCUT2D eigenvalue weighted by Gasteiger charge is -2.31. The minimum atomic E-state index is -1.16. The van der Waals surface area contributed by atoms with E-state index in [1.54, 1.807) is 18.2 Å². The number of benzene rings is 3. The maximum Gasteiger partial charge on any atom is 0.306 e. The number of hydrogen-bond donors (Lipinski definition) is 3. The predicted octanol–water partition coefficient (Wildman–Crippen LogP) is 4.92. The van der Waals surface area contributed by atoms with E-state index in [1.807, 2.05) is 59.2 Å². The third-order valence-corrected chi connectivity index (χ3v) is 8.29. The molecular formula is C36H40N4O6. The van der Waals surface area contributed by atoms with Crippen LogP contribution in [-0.2, 0) is 22.6 Å². The summed E-state index contributed by atoms with van der Waals surface area (Å²) >= 11 is 0. The van der Waals surface area contributed by atoms with Crippen molar-refractivity contribution in [3.63, 3.8) is 0 Å². The fourth-order valence-electron chi connectivity index (χ4n) is 5.75. The molecule has 4 aromatic rings. The summed E-state index contributed by atoms with van der Waals surface area (Å²) in [5, 5.41) is 25.7. The molecule has 0 spiro atoms. The molecule has 1 aromatic heterocycles. The monoisotopic (exact) mass is 624 g/mol. The van der Waals surface area contributed by atoms with Crippen molar-refractivity contribution in [2.24, 2.45) is 0 Å². The summed E-state index contributed by atoms with van der Waals surface area (Å²) in [5.41, 5.74) is 7.67. The second kappa shape index (κ2) is 14.9. The van der Waals surface area contributed by atoms with Crippen molar-refractivity contribution >= 4 is 23.5 Å². The molecule has 240 valence electrons. The number of aliphatic carboxylic acids is 1. The number of rotatable bonds is 13. The van der Waals surface area contributed by atoms with Gasteiger partial charge in [-0.3, -0.25) is 19.1 Å². The maximum atomic E-state index is 13.3. The number of aliphatic hydroxyl groups is 1. The summed E-state index contributed by atoms with van der Waals surface area (Å²) in [4.78, 5) is 38.5. The first-order chi connectivity index (χ1) is 22.2. The number of fused-ring (bicyclic) bond motifs is 1. The summed E-state index contributed by atoms with van der Waals surface area (Å²) in [6, 6.07) is 19.2. The third-order valence-electron chi connectivity index (χ3n) is 8.29. The number of carboxylic acids is 1. The van der Waals surface area contributed by atoms with Crippen LogP contribution < -0.4 is 15.0 Å². The average Bonchev–Trinajstić information content (AvgIpc) is 3.51. The zero-order valence-corrected chi connectivity index (χ0v) is 26.2. The predicted molar refractivity (Wildman–Crippen MR) is 175 cm³/mol. The van der Waals surface area contributed by atoms with E-state index >= 15 is 0 Å². The van der Waals surface area contributed by atoms with Crippen LogP contribution in [0.3, 0.4) is 0 Å². The van der Waals surface area contributed by atoms with Crippen molar-refractivity contribution in [2.45, 2.75) is 58.6 Å². The summed E-state index contributed by atoms with van der Waals surface area (Å²) in [6.07, 6.45) is 4.99. The molecule has 0 bridgehead atoms. The molecule has 3 N–H and O–H groups in total. The Morgan fingerprint density at radius 1 is 1.07 bits per heavy atom. The molecule has 1 aliphatic heterocycles. The lowest BCUT2D eigenvalue weighted by Crippen LogP contribution is -2.35. The van der Waals surface area contributed by atoms with Gasteiger partial charge in [-0.2, -0.15) is 5.10 Å². The number of carbonyl (C=O) groups excluding carboxylic acids is 2. The number of amides is 2. The highest BCUT2D eigenvalue weighted by Gasteiger charge is 2.25. The van der Waals surface area contributed by atoms with Gasteiger partial charge in [0.15, 0.2) is 0 Å². The molecule has 0 fully saturated rings. The SMILES string of the molecule is Cc1cccc(OCCCC(=O)N2CCCc3c(-c4cnn(Cc5cccc(C(=O)NC[C@H](O)CC(=O)O)c5)c4)cccc32)c1C. The van der Waals surface area contributed by atoms with E-state index in [0.29, 0.717) is 38.1 Å². The van der Waals surface area contributed by atoms with E-state index in [0.717, 1.165) is 52.1 Å². The molecule has 46 heavy (non-hydrogen) atoms. The Labute approximate surface area is 268 Å². The van der Waals surface area contributed by atoms with Crippen LogP contribution in [0.15, 0.2) is 73.1 Å². The van der Waals surface area contributed by atoms with E-state index < -0.39 is 24.4 Å². The van der Waals surface area contributed by atoms with Crippen molar-refractivity contribution < 1.29 is 29.3 Å². The number of aryl methyl sites for hydroxylation is 1. The van der Waals surface area contributed by atoms with Crippen LogP contribution in [-0.4, -0.2) is 63.6 Å². The van der Waals surface area contributed by atoms with Crippen LogP contribution in [0, 0.1) is 13.8 Å². The number of nitrogens with one attached hydrogen (secondary N) is 1. The van der Waals surface area contributed by atoms with E-state index in [2.05, 4.69) is 29.5 Å². The quantitative estimate of drug-likeness (QED) is 0.180. The largest absolute Gasteiger partial charge is 0.493 e. The van der Waals surface area contributed by atoms with Crippen molar-refractivity contribution in [3.8, 4) is 16.9 Å². The van der Waals surface area contributed by atoms with Crippen LogP contribution in [0.2, 0.25) is 0 Å². The molecule has 10 nitrogen and oxygen atoms in total. The highest BCUT2D eigenvalue weighted by atomic mass is 16.5. The molecule has 0 unspecified atom stereocenters. The van der Waals surface area contributed by atoms with Gasteiger partial charge in [0.1, 0.15) is 5.75 Å². The second-order valence-electron chi connectivity index (χ2n) is 11.7. The van der Waals surface area contributed by atoms with E-state index in [9.17, 15) is 19.5 Å². The standard InChI is InChI=1S/C36H40N4O6/c1-24-8-3-14-33(25(24)2)46-17-7-15-34(42)40-16-6-12-31-30(11-5-13-32(31)40)28-20-38-39(23-28)22-26-9-4-10-27(18-26)36(45)37-21-29(41)19-35(43)44/h3-5,8-11,13-14,18,20,23,29,41H,6-7,12,15-17,19,21-22H2,1-2H3,(H,37,45)(H,43,44)/t29-/m1/s1. The van der Waals surface area contributed by atoms with E-state index in [1.165, 1.54) is 5.56 Å². The molecular weight excluding hydrogens is 584 g/mol. The number of hydrogen-bond acceptors (Lipinski definition) is 6. The van der Waals surface area contributed by atoms with Crippen molar-refractivity contribution in [3.05, 3.63) is 101 Å². The number of nitrogens with zero attached hydrogens (tertiary/aromatic N) is 3. The van der Waals surface area contributed by atoms with Gasteiger partial charge in [-0.15, -0.1) is 0 Å². The minimum absolute atomic E-state index is 0.0960. The van der Waals surface area contributed by atoms with Gasteiger partial charge >= 0.3 is 5.97 Å². The minimum Gasteiger partial charge on any atom is -0.493 e. The molecule has 3 aromatic carbocycles. The van der Waals surface area contributed by atoms with Crippen LogP contribution in [0.5, 0.6) is 5.75 Å². The smallest absolute Gasteiger partial charge is 0.306 e. The number of carbonyl (C=O) groups is 3. The number of carboxylic acid groups (broad SMARTS) is 1. The number of aliphatic hydroxyl groups excluding tert-OH is 1. The summed E-state index contributed by atoms with van der Waals surface area (Å²) in [6.45, 7) is 5.57. The highest BCUT2D eigenvalue weighted by Crippen LogP contribution is 2.36. The topological polar surface area (TPSA) is 134 Å². The van der Waals surface area contributed by atoms with Crippen LogP contribution in [0.1, 0.15) is 58.3 Å². The van der Waals surface area contributed by atoms with Gasteiger partial charge in [-0.25, -0.2) is 0 Å². The molecule has 1 atom stereocenters. The first-order valence-electron chi connectivity index (χ1n) is 15.6. The van der Waals surface area contributed by atoms with E-state index in [-0.39, 0.29) is 12.5 Å². The molecule has 0 saturated carbocycles. The zero-order valence-electron chi connectivity index (χ0n) is 26.2. The lowest BCUT2D eigenvalue weighted by molar-refractivity contribution is -0.139. The maximum absolute atomic E-state index is 13.3. The molecule has 0 radical (unpaired) electrons. The van der Waals surface area contributed by atoms with Gasteiger partial charge in [0.25, 0.3) is 5.91 Å². The Balaban J connectivity index is 1.21. The molecule has 0 saturated heterocycles. The van der Waals surface area contributed by atoms with Gasteiger partial charge in [0.05, 0.1) is 31.9 Å². The van der Waals surface area contributed by atoms with Crippen LogP contribution >= 0.6 is 0 Å². The fourth-order valence-corrected chi connectivity index (χ4v) is 5.75. The first-order valence-corrected chi connectivity index (χ1v) is 15.6. The molecule has 2 heterocycles. The second-order valence-corrected chi connectivity index (χ2v) is 11.7. The fraction of sp³-hybridized carbons (Fsp3) is 0.333. The summed E-state index contributed by atoms with van der Waals surface area (Å²) < 4.78 is 7.78. The number of anilines is 1. The molecule has 5 rings (SSSR count). The zero-order chi connectivity index (χ0) is 32.6. The highest BCUT2D eigenvalue weighted by molar-refractivity contribution is 5.96. The summed E-state index contributed by atoms with van der Waals surface area (Å²) in [5.74, 6) is -0.560. The molecule has 10 heteroatoms. The van der Waals surface area contributed by atoms with Crippen molar-refractivity contribution in [2.75, 3.05) is 24.6 Å².